The fourth-order valence-corrected chi connectivity index (χ4v) is 2.18. The van der Waals surface area contributed by atoms with Crippen LogP contribution in [0, 0.1) is 15.9 Å². The zero-order valence-corrected chi connectivity index (χ0v) is 11.4. The molecule has 0 radical (unpaired) electrons. The van der Waals surface area contributed by atoms with Crippen LogP contribution >= 0.6 is 0 Å². The monoisotopic (exact) mass is 301 g/mol. The first-order valence-corrected chi connectivity index (χ1v) is 6.61. The molecule has 1 N–H and O–H groups in total. The molecule has 0 fully saturated rings. The number of anilines is 1. The summed E-state index contributed by atoms with van der Waals surface area (Å²) in [4.78, 5) is 10.3. The molecular formula is C14H12FN5O2. The van der Waals surface area contributed by atoms with Crippen molar-refractivity contribution < 1.29 is 9.31 Å². The second kappa shape index (κ2) is 5.76. The van der Waals surface area contributed by atoms with Crippen molar-refractivity contribution >= 4 is 17.0 Å². The number of pyridine rings is 1. The van der Waals surface area contributed by atoms with E-state index < -0.39 is 10.7 Å². The Labute approximate surface area is 124 Å². The number of rotatable bonds is 5. The summed E-state index contributed by atoms with van der Waals surface area (Å²) in [6, 6.07) is 9.02. The van der Waals surface area contributed by atoms with Crippen molar-refractivity contribution in [1.29, 1.82) is 0 Å². The summed E-state index contributed by atoms with van der Waals surface area (Å²) in [6.45, 7) is 0.419. The van der Waals surface area contributed by atoms with Crippen LogP contribution in [0.2, 0.25) is 0 Å². The lowest BCUT2D eigenvalue weighted by atomic mass is 10.2. The molecule has 0 unspecified atom stereocenters. The normalized spacial score (nSPS) is 10.8. The fourth-order valence-electron chi connectivity index (χ4n) is 2.18. The number of nitro benzene ring substituents is 1. The van der Waals surface area contributed by atoms with E-state index >= 15 is 0 Å². The number of halogens is 1. The first-order valence-electron chi connectivity index (χ1n) is 6.61. The van der Waals surface area contributed by atoms with Gasteiger partial charge in [-0.2, -0.15) is 0 Å². The highest BCUT2D eigenvalue weighted by molar-refractivity contribution is 5.61. The van der Waals surface area contributed by atoms with E-state index in [1.165, 1.54) is 12.1 Å². The number of hydrogen-bond acceptors (Lipinski definition) is 5. The fraction of sp³-hybridized carbons (Fsp3) is 0.143. The van der Waals surface area contributed by atoms with Crippen molar-refractivity contribution in [2.45, 2.75) is 6.42 Å². The zero-order chi connectivity index (χ0) is 15.5. The van der Waals surface area contributed by atoms with Gasteiger partial charge in [-0.1, -0.05) is 6.07 Å². The molecule has 112 valence electrons. The van der Waals surface area contributed by atoms with Crippen LogP contribution in [0.4, 0.5) is 15.8 Å². The number of benzene rings is 1. The summed E-state index contributed by atoms with van der Waals surface area (Å²) in [6.07, 6.45) is 2.38. The van der Waals surface area contributed by atoms with Gasteiger partial charge in [0, 0.05) is 19.2 Å². The summed E-state index contributed by atoms with van der Waals surface area (Å²) < 4.78 is 14.9. The van der Waals surface area contributed by atoms with Crippen LogP contribution in [0.25, 0.3) is 5.65 Å². The average molecular weight is 301 g/mol. The van der Waals surface area contributed by atoms with Gasteiger partial charge in [0.15, 0.2) is 5.65 Å². The SMILES string of the molecule is O=[N+]([O-])c1cc(F)ccc1NCCc1nnc2ccccn12. The molecule has 0 saturated carbocycles. The van der Waals surface area contributed by atoms with E-state index in [1.807, 2.05) is 28.8 Å². The second-order valence-corrected chi connectivity index (χ2v) is 4.64. The van der Waals surface area contributed by atoms with Crippen molar-refractivity contribution in [3.05, 3.63) is 64.4 Å². The van der Waals surface area contributed by atoms with E-state index in [1.54, 1.807) is 0 Å². The largest absolute Gasteiger partial charge is 0.379 e. The Kier molecular flexibility index (Phi) is 3.65. The van der Waals surface area contributed by atoms with E-state index in [2.05, 4.69) is 15.5 Å². The minimum atomic E-state index is -0.638. The topological polar surface area (TPSA) is 85.4 Å². The molecule has 7 nitrogen and oxygen atoms in total. The van der Waals surface area contributed by atoms with Crippen molar-refractivity contribution in [1.82, 2.24) is 14.6 Å². The lowest BCUT2D eigenvalue weighted by Crippen LogP contribution is -2.09. The number of hydrogen-bond donors (Lipinski definition) is 1. The van der Waals surface area contributed by atoms with Gasteiger partial charge in [-0.25, -0.2) is 4.39 Å². The minimum Gasteiger partial charge on any atom is -0.379 e. The van der Waals surface area contributed by atoms with Gasteiger partial charge >= 0.3 is 0 Å². The van der Waals surface area contributed by atoms with Gasteiger partial charge in [0.1, 0.15) is 17.3 Å². The van der Waals surface area contributed by atoms with E-state index in [-0.39, 0.29) is 11.4 Å². The predicted octanol–water partition coefficient (Wildman–Crippen LogP) is 2.43. The summed E-state index contributed by atoms with van der Waals surface area (Å²) in [7, 11) is 0. The number of nitrogens with one attached hydrogen (secondary N) is 1. The standard InChI is InChI=1S/C14H12FN5O2/c15-10-4-5-11(12(9-10)20(21)22)16-7-6-14-18-17-13-3-1-2-8-19(13)14/h1-5,8-9,16H,6-7H2. The molecule has 0 saturated heterocycles. The summed E-state index contributed by atoms with van der Waals surface area (Å²) >= 11 is 0. The Morgan fingerprint density at radius 1 is 1.27 bits per heavy atom. The molecule has 8 heteroatoms. The van der Waals surface area contributed by atoms with Crippen LogP contribution in [0.15, 0.2) is 42.6 Å². The Morgan fingerprint density at radius 3 is 2.95 bits per heavy atom. The van der Waals surface area contributed by atoms with Gasteiger partial charge < -0.3 is 5.32 Å². The van der Waals surface area contributed by atoms with E-state index in [0.29, 0.717) is 13.0 Å². The molecule has 2 aromatic heterocycles. The maximum atomic E-state index is 13.1. The molecule has 0 aliphatic rings. The molecule has 22 heavy (non-hydrogen) atoms. The smallest absolute Gasteiger partial charge is 0.295 e. The highest BCUT2D eigenvalue weighted by atomic mass is 19.1. The maximum Gasteiger partial charge on any atom is 0.295 e. The molecule has 0 bridgehead atoms. The molecule has 1 aromatic carbocycles. The van der Waals surface area contributed by atoms with Crippen molar-refractivity contribution in [2.75, 3.05) is 11.9 Å². The van der Waals surface area contributed by atoms with Crippen molar-refractivity contribution in [3.63, 3.8) is 0 Å². The lowest BCUT2D eigenvalue weighted by molar-refractivity contribution is -0.384. The Balaban J connectivity index is 1.72. The summed E-state index contributed by atoms with van der Waals surface area (Å²) in [5.74, 6) is 0.105. The van der Waals surface area contributed by atoms with Crippen molar-refractivity contribution in [2.24, 2.45) is 0 Å². The quantitative estimate of drug-likeness (QED) is 0.578. The summed E-state index contributed by atoms with van der Waals surface area (Å²) in [5.41, 5.74) is 0.733. The highest BCUT2D eigenvalue weighted by Crippen LogP contribution is 2.24. The van der Waals surface area contributed by atoms with E-state index in [0.717, 1.165) is 17.5 Å². The van der Waals surface area contributed by atoms with Gasteiger partial charge in [0.2, 0.25) is 0 Å². The Hall–Kier alpha value is -3.03. The van der Waals surface area contributed by atoms with Crippen LogP contribution in [0.3, 0.4) is 0 Å². The van der Waals surface area contributed by atoms with Crippen LogP contribution < -0.4 is 5.32 Å². The first kappa shape index (κ1) is 13.9. The van der Waals surface area contributed by atoms with Gasteiger partial charge in [-0.3, -0.25) is 14.5 Å². The molecule has 0 amide bonds. The second-order valence-electron chi connectivity index (χ2n) is 4.64. The Morgan fingerprint density at radius 2 is 2.14 bits per heavy atom. The first-order chi connectivity index (χ1) is 10.6. The Bertz CT molecular complexity index is 833. The van der Waals surface area contributed by atoms with Crippen LogP contribution in [-0.2, 0) is 6.42 Å². The minimum absolute atomic E-state index is 0.278. The van der Waals surface area contributed by atoms with Gasteiger partial charge in [-0.15, -0.1) is 10.2 Å². The average Bonchev–Trinajstić information content (AvgIpc) is 2.92. The maximum absolute atomic E-state index is 13.1. The van der Waals surface area contributed by atoms with Crippen molar-refractivity contribution in [3.8, 4) is 0 Å². The third-order valence-corrected chi connectivity index (χ3v) is 3.20. The van der Waals surface area contributed by atoms with Gasteiger partial charge in [0.25, 0.3) is 5.69 Å². The molecule has 0 atom stereocenters. The van der Waals surface area contributed by atoms with Gasteiger partial charge in [-0.05, 0) is 24.3 Å². The number of nitro groups is 1. The third kappa shape index (κ3) is 2.71. The predicted molar refractivity (Wildman–Crippen MR) is 78.2 cm³/mol. The highest BCUT2D eigenvalue weighted by Gasteiger charge is 2.14. The molecule has 3 aromatic rings. The van der Waals surface area contributed by atoms with E-state index in [9.17, 15) is 14.5 Å². The molecule has 0 aliphatic heterocycles. The van der Waals surface area contributed by atoms with Crippen LogP contribution in [0.5, 0.6) is 0 Å². The van der Waals surface area contributed by atoms with Crippen LogP contribution in [0.1, 0.15) is 5.82 Å². The molecular weight excluding hydrogens is 289 g/mol. The lowest BCUT2D eigenvalue weighted by Gasteiger charge is -2.06. The summed E-state index contributed by atoms with van der Waals surface area (Å²) in [5, 5.41) is 22.0. The third-order valence-electron chi connectivity index (χ3n) is 3.20. The van der Waals surface area contributed by atoms with Gasteiger partial charge in [0.05, 0.1) is 11.0 Å². The molecule has 0 aliphatic carbocycles. The molecule has 2 heterocycles. The van der Waals surface area contributed by atoms with Crippen LogP contribution in [-0.4, -0.2) is 26.1 Å². The zero-order valence-electron chi connectivity index (χ0n) is 11.4. The van der Waals surface area contributed by atoms with E-state index in [4.69, 9.17) is 0 Å². The number of aromatic nitrogens is 3. The number of fused-ring (bicyclic) bond motifs is 1. The molecule has 3 rings (SSSR count). The number of nitrogens with zero attached hydrogens (tertiary/aromatic N) is 4. The molecule has 0 spiro atoms.